The molecule has 0 radical (unpaired) electrons. The van der Waals surface area contributed by atoms with Crippen molar-refractivity contribution in [3.05, 3.63) is 69.7 Å². The second-order valence-corrected chi connectivity index (χ2v) is 6.64. The van der Waals surface area contributed by atoms with Gasteiger partial charge >= 0.3 is 0 Å². The van der Waals surface area contributed by atoms with Crippen LogP contribution in [0.15, 0.2) is 48.5 Å². The summed E-state index contributed by atoms with van der Waals surface area (Å²) >= 11 is 12.3. The lowest BCUT2D eigenvalue weighted by molar-refractivity contribution is -0.122. The standard InChI is InChI=1S/C18H18Cl2N2O.ClH/c19-15-8-4-7-12(17(15)20)13-9-14(13)18(23)22-10-16(21)11-5-2-1-3-6-11;/h1-8,13-14,16H,9-10,21H2,(H,22,23);1H. The lowest BCUT2D eigenvalue weighted by Crippen LogP contribution is -2.33. The molecule has 3 nitrogen and oxygen atoms in total. The fourth-order valence-electron chi connectivity index (χ4n) is 2.80. The summed E-state index contributed by atoms with van der Waals surface area (Å²) in [6.07, 6.45) is 0.798. The van der Waals surface area contributed by atoms with E-state index in [4.69, 9.17) is 28.9 Å². The molecule has 3 unspecified atom stereocenters. The van der Waals surface area contributed by atoms with Crippen LogP contribution in [0, 0.1) is 5.92 Å². The third-order valence-corrected chi connectivity index (χ3v) is 5.07. The molecule has 2 aromatic rings. The Bertz CT molecular complexity index is 709. The minimum absolute atomic E-state index is 0. The summed E-state index contributed by atoms with van der Waals surface area (Å²) in [5, 5.41) is 4.02. The Labute approximate surface area is 157 Å². The average molecular weight is 386 g/mol. The predicted molar refractivity (Wildman–Crippen MR) is 101 cm³/mol. The Morgan fingerprint density at radius 2 is 1.88 bits per heavy atom. The summed E-state index contributed by atoms with van der Waals surface area (Å²) in [5.74, 6) is 0.125. The van der Waals surface area contributed by atoms with Crippen molar-refractivity contribution in [2.24, 2.45) is 11.7 Å². The zero-order valence-electron chi connectivity index (χ0n) is 12.9. The highest BCUT2D eigenvalue weighted by Gasteiger charge is 2.45. The normalized spacial score (nSPS) is 20.0. The van der Waals surface area contributed by atoms with E-state index in [-0.39, 0.29) is 36.2 Å². The van der Waals surface area contributed by atoms with E-state index in [1.807, 2.05) is 42.5 Å². The Morgan fingerprint density at radius 1 is 1.17 bits per heavy atom. The molecule has 1 amide bonds. The van der Waals surface area contributed by atoms with Gasteiger partial charge in [0.05, 0.1) is 10.0 Å². The summed E-state index contributed by atoms with van der Waals surface area (Å²) in [7, 11) is 0. The van der Waals surface area contributed by atoms with Gasteiger partial charge in [-0.2, -0.15) is 0 Å². The monoisotopic (exact) mass is 384 g/mol. The van der Waals surface area contributed by atoms with Gasteiger partial charge in [0.1, 0.15) is 0 Å². The third-order valence-electron chi connectivity index (χ3n) is 4.23. The highest BCUT2D eigenvalue weighted by molar-refractivity contribution is 6.42. The molecule has 3 rings (SSSR count). The van der Waals surface area contributed by atoms with Crippen molar-refractivity contribution >= 4 is 41.5 Å². The summed E-state index contributed by atoms with van der Waals surface area (Å²) < 4.78 is 0. The number of halogens is 3. The maximum absolute atomic E-state index is 12.3. The van der Waals surface area contributed by atoms with Crippen molar-refractivity contribution < 1.29 is 4.79 Å². The largest absolute Gasteiger partial charge is 0.354 e. The maximum Gasteiger partial charge on any atom is 0.223 e. The van der Waals surface area contributed by atoms with Crippen molar-refractivity contribution in [1.29, 1.82) is 0 Å². The van der Waals surface area contributed by atoms with E-state index in [0.717, 1.165) is 17.5 Å². The van der Waals surface area contributed by atoms with Crippen LogP contribution in [0.2, 0.25) is 10.0 Å². The van der Waals surface area contributed by atoms with E-state index in [1.165, 1.54) is 0 Å². The maximum atomic E-state index is 12.3. The van der Waals surface area contributed by atoms with Crippen LogP contribution in [0.5, 0.6) is 0 Å². The number of carbonyl (C=O) groups is 1. The molecule has 24 heavy (non-hydrogen) atoms. The minimum Gasteiger partial charge on any atom is -0.354 e. The van der Waals surface area contributed by atoms with Crippen LogP contribution < -0.4 is 11.1 Å². The minimum atomic E-state index is -0.202. The second kappa shape index (κ2) is 8.21. The van der Waals surface area contributed by atoms with Gasteiger partial charge in [-0.1, -0.05) is 65.7 Å². The molecule has 2 aromatic carbocycles. The van der Waals surface area contributed by atoms with Gasteiger partial charge in [0.2, 0.25) is 5.91 Å². The van der Waals surface area contributed by atoms with Crippen molar-refractivity contribution in [2.45, 2.75) is 18.4 Å². The number of amides is 1. The molecule has 3 atom stereocenters. The Hall–Kier alpha value is -1.26. The molecule has 6 heteroatoms. The van der Waals surface area contributed by atoms with Gasteiger partial charge in [0, 0.05) is 18.5 Å². The van der Waals surface area contributed by atoms with E-state index in [1.54, 1.807) is 6.07 Å². The highest BCUT2D eigenvalue weighted by atomic mass is 35.5. The SMILES string of the molecule is Cl.NC(CNC(=O)C1CC1c1cccc(Cl)c1Cl)c1ccccc1. The summed E-state index contributed by atoms with van der Waals surface area (Å²) in [6, 6.07) is 15.1. The molecule has 0 saturated heterocycles. The summed E-state index contributed by atoms with van der Waals surface area (Å²) in [5.41, 5.74) is 8.06. The van der Waals surface area contributed by atoms with E-state index in [9.17, 15) is 4.79 Å². The number of carbonyl (C=O) groups excluding carboxylic acids is 1. The molecule has 1 fully saturated rings. The molecule has 1 aliphatic rings. The van der Waals surface area contributed by atoms with Gasteiger partial charge in [-0.3, -0.25) is 4.79 Å². The number of hydrogen-bond acceptors (Lipinski definition) is 2. The van der Waals surface area contributed by atoms with Gasteiger partial charge in [0.15, 0.2) is 0 Å². The molecular weight excluding hydrogens is 367 g/mol. The second-order valence-electron chi connectivity index (χ2n) is 5.85. The fraction of sp³-hybridized carbons (Fsp3) is 0.278. The molecule has 0 heterocycles. The van der Waals surface area contributed by atoms with Crippen LogP contribution in [0.25, 0.3) is 0 Å². The Balaban J connectivity index is 0.00000208. The van der Waals surface area contributed by atoms with E-state index in [0.29, 0.717) is 16.6 Å². The quantitative estimate of drug-likeness (QED) is 0.804. The molecule has 0 bridgehead atoms. The first-order valence-electron chi connectivity index (χ1n) is 7.60. The van der Waals surface area contributed by atoms with Crippen LogP contribution in [0.1, 0.15) is 29.5 Å². The molecular formula is C18H19Cl3N2O. The number of nitrogens with one attached hydrogen (secondary N) is 1. The Morgan fingerprint density at radius 3 is 2.58 bits per heavy atom. The summed E-state index contributed by atoms with van der Waals surface area (Å²) in [6.45, 7) is 0.426. The molecule has 0 spiro atoms. The van der Waals surface area contributed by atoms with Crippen molar-refractivity contribution in [3.8, 4) is 0 Å². The first-order valence-corrected chi connectivity index (χ1v) is 8.35. The van der Waals surface area contributed by atoms with Crippen molar-refractivity contribution in [1.82, 2.24) is 5.32 Å². The Kier molecular flexibility index (Phi) is 6.53. The topological polar surface area (TPSA) is 55.1 Å². The number of benzene rings is 2. The van der Waals surface area contributed by atoms with E-state index >= 15 is 0 Å². The molecule has 3 N–H and O–H groups in total. The zero-order chi connectivity index (χ0) is 16.4. The van der Waals surface area contributed by atoms with E-state index in [2.05, 4.69) is 5.32 Å². The fourth-order valence-corrected chi connectivity index (χ4v) is 3.24. The van der Waals surface area contributed by atoms with Gasteiger partial charge < -0.3 is 11.1 Å². The zero-order valence-corrected chi connectivity index (χ0v) is 15.2. The van der Waals surface area contributed by atoms with Crippen LogP contribution in [0.3, 0.4) is 0 Å². The van der Waals surface area contributed by atoms with Gasteiger partial charge in [-0.05, 0) is 29.5 Å². The first-order chi connectivity index (χ1) is 11.1. The first kappa shape index (κ1) is 19.1. The average Bonchev–Trinajstić information content (AvgIpc) is 3.36. The van der Waals surface area contributed by atoms with Crippen LogP contribution >= 0.6 is 35.6 Å². The van der Waals surface area contributed by atoms with Crippen LogP contribution in [0.4, 0.5) is 0 Å². The third kappa shape index (κ3) is 4.22. The highest BCUT2D eigenvalue weighted by Crippen LogP contribution is 2.50. The van der Waals surface area contributed by atoms with Crippen molar-refractivity contribution in [2.75, 3.05) is 6.54 Å². The molecule has 1 saturated carbocycles. The lowest BCUT2D eigenvalue weighted by atomic mass is 10.1. The van der Waals surface area contributed by atoms with Crippen LogP contribution in [-0.4, -0.2) is 12.5 Å². The summed E-state index contributed by atoms with van der Waals surface area (Å²) in [4.78, 5) is 12.3. The lowest BCUT2D eigenvalue weighted by Gasteiger charge is -2.13. The van der Waals surface area contributed by atoms with Gasteiger partial charge in [-0.15, -0.1) is 12.4 Å². The molecule has 1 aliphatic carbocycles. The number of rotatable bonds is 5. The predicted octanol–water partition coefficient (Wildman–Crippen LogP) is 4.33. The molecule has 0 aliphatic heterocycles. The smallest absolute Gasteiger partial charge is 0.223 e. The van der Waals surface area contributed by atoms with Crippen molar-refractivity contribution in [3.63, 3.8) is 0 Å². The van der Waals surface area contributed by atoms with Crippen LogP contribution in [-0.2, 0) is 4.79 Å². The number of nitrogens with two attached hydrogens (primary N) is 1. The number of hydrogen-bond donors (Lipinski definition) is 2. The van der Waals surface area contributed by atoms with E-state index < -0.39 is 0 Å². The van der Waals surface area contributed by atoms with Gasteiger partial charge in [0.25, 0.3) is 0 Å². The van der Waals surface area contributed by atoms with Gasteiger partial charge in [-0.25, -0.2) is 0 Å². The molecule has 128 valence electrons. The molecule has 0 aromatic heterocycles.